The van der Waals surface area contributed by atoms with Gasteiger partial charge in [-0.2, -0.15) is 0 Å². The largest absolute Gasteiger partial charge is 0.347 e. The lowest BCUT2D eigenvalue weighted by Crippen LogP contribution is -2.20. The van der Waals surface area contributed by atoms with E-state index in [4.69, 9.17) is 0 Å². The quantitative estimate of drug-likeness (QED) is 0.850. The number of benzene rings is 1. The molecular weight excluding hydrogens is 313 g/mol. The molecule has 98 valence electrons. The fourth-order valence-electron chi connectivity index (χ4n) is 1.43. The molecule has 0 saturated heterocycles. The minimum atomic E-state index is -0.377. The molecule has 1 amide bonds. The summed E-state index contributed by atoms with van der Waals surface area (Å²) < 4.78 is 14.2. The average Bonchev–Trinajstić information content (AvgIpc) is 2.90. The number of nitrogens with zero attached hydrogens (tertiary/aromatic N) is 1. The van der Waals surface area contributed by atoms with Crippen molar-refractivity contribution in [3.63, 3.8) is 0 Å². The maximum Gasteiger partial charge on any atom is 0.244 e. The van der Waals surface area contributed by atoms with E-state index in [-0.39, 0.29) is 11.7 Å². The fraction of sp³-hybridized carbons (Fsp3) is 0.0769. The van der Waals surface area contributed by atoms with Crippen molar-refractivity contribution < 1.29 is 9.18 Å². The van der Waals surface area contributed by atoms with Crippen LogP contribution in [0.4, 0.5) is 4.39 Å². The van der Waals surface area contributed by atoms with Gasteiger partial charge in [0.25, 0.3) is 0 Å². The van der Waals surface area contributed by atoms with Gasteiger partial charge < -0.3 is 10.3 Å². The van der Waals surface area contributed by atoms with E-state index in [1.54, 1.807) is 24.5 Å². The summed E-state index contributed by atoms with van der Waals surface area (Å²) in [7, 11) is 0. The maximum absolute atomic E-state index is 13.4. The molecular formula is C13H11BrFN3O. The molecule has 0 fully saturated rings. The average molecular weight is 324 g/mol. The summed E-state index contributed by atoms with van der Waals surface area (Å²) in [6.45, 7) is 0.303. The molecule has 4 nitrogen and oxygen atoms in total. The third kappa shape index (κ3) is 4.03. The van der Waals surface area contributed by atoms with Crippen molar-refractivity contribution in [2.24, 2.45) is 0 Å². The Labute approximate surface area is 117 Å². The van der Waals surface area contributed by atoms with E-state index in [9.17, 15) is 9.18 Å². The SMILES string of the molecule is O=C(C=Cc1cc(Br)ccc1F)NCc1ncc[nH]1. The number of hydrogen-bond acceptors (Lipinski definition) is 2. The van der Waals surface area contributed by atoms with Crippen LogP contribution in [0.25, 0.3) is 6.08 Å². The Kier molecular flexibility index (Phi) is 4.46. The van der Waals surface area contributed by atoms with Crippen LogP contribution in [-0.4, -0.2) is 15.9 Å². The Morgan fingerprint density at radius 1 is 1.53 bits per heavy atom. The predicted molar refractivity (Wildman–Crippen MR) is 73.6 cm³/mol. The molecule has 0 saturated carbocycles. The number of rotatable bonds is 4. The number of aromatic nitrogens is 2. The molecule has 0 aliphatic rings. The Morgan fingerprint density at radius 2 is 2.37 bits per heavy atom. The van der Waals surface area contributed by atoms with E-state index in [0.29, 0.717) is 17.9 Å². The second-order valence-electron chi connectivity index (χ2n) is 3.75. The Bertz CT molecular complexity index is 596. The van der Waals surface area contributed by atoms with Gasteiger partial charge in [-0.05, 0) is 24.3 Å². The molecule has 0 spiro atoms. The maximum atomic E-state index is 13.4. The predicted octanol–water partition coefficient (Wildman–Crippen LogP) is 2.64. The molecule has 2 N–H and O–H groups in total. The topological polar surface area (TPSA) is 57.8 Å². The van der Waals surface area contributed by atoms with Crippen molar-refractivity contribution in [2.45, 2.75) is 6.54 Å². The monoisotopic (exact) mass is 323 g/mol. The second kappa shape index (κ2) is 6.29. The summed E-state index contributed by atoms with van der Waals surface area (Å²) in [6.07, 6.45) is 5.99. The molecule has 0 unspecified atom stereocenters. The van der Waals surface area contributed by atoms with Crippen LogP contribution >= 0.6 is 15.9 Å². The number of nitrogens with one attached hydrogen (secondary N) is 2. The normalized spacial score (nSPS) is 10.8. The molecule has 1 aromatic carbocycles. The van der Waals surface area contributed by atoms with Crippen LogP contribution in [0.3, 0.4) is 0 Å². The van der Waals surface area contributed by atoms with Crippen molar-refractivity contribution in [3.05, 3.63) is 58.3 Å². The first-order valence-electron chi connectivity index (χ1n) is 5.54. The lowest BCUT2D eigenvalue weighted by Gasteiger charge is -2.00. The van der Waals surface area contributed by atoms with Crippen molar-refractivity contribution in [2.75, 3.05) is 0 Å². The van der Waals surface area contributed by atoms with E-state index in [1.165, 1.54) is 18.2 Å². The van der Waals surface area contributed by atoms with E-state index in [1.807, 2.05) is 0 Å². The molecule has 2 rings (SSSR count). The van der Waals surface area contributed by atoms with Crippen molar-refractivity contribution in [1.82, 2.24) is 15.3 Å². The first-order chi connectivity index (χ1) is 9.15. The summed E-state index contributed by atoms with van der Waals surface area (Å²) >= 11 is 3.25. The van der Waals surface area contributed by atoms with Crippen LogP contribution < -0.4 is 5.32 Å². The molecule has 0 aliphatic heterocycles. The van der Waals surface area contributed by atoms with Gasteiger partial charge in [-0.3, -0.25) is 4.79 Å². The molecule has 0 atom stereocenters. The highest BCUT2D eigenvalue weighted by atomic mass is 79.9. The van der Waals surface area contributed by atoms with Gasteiger partial charge in [-0.1, -0.05) is 15.9 Å². The summed E-state index contributed by atoms with van der Waals surface area (Å²) in [5.41, 5.74) is 0.350. The molecule has 0 bridgehead atoms. The van der Waals surface area contributed by atoms with Gasteiger partial charge in [0.2, 0.25) is 5.91 Å². The van der Waals surface area contributed by atoms with Crippen LogP contribution in [0.2, 0.25) is 0 Å². The van der Waals surface area contributed by atoms with Crippen LogP contribution in [0.1, 0.15) is 11.4 Å². The fourth-order valence-corrected chi connectivity index (χ4v) is 1.81. The third-order valence-corrected chi connectivity index (χ3v) is 2.85. The van der Waals surface area contributed by atoms with Gasteiger partial charge in [0, 0.05) is 28.5 Å². The number of aromatic amines is 1. The Balaban J connectivity index is 1.94. The van der Waals surface area contributed by atoms with E-state index >= 15 is 0 Å². The zero-order chi connectivity index (χ0) is 13.7. The number of carbonyl (C=O) groups is 1. The minimum absolute atomic E-state index is 0.303. The number of amides is 1. The molecule has 0 aliphatic carbocycles. The van der Waals surface area contributed by atoms with E-state index in [2.05, 4.69) is 31.2 Å². The van der Waals surface area contributed by atoms with Crippen molar-refractivity contribution >= 4 is 27.9 Å². The lowest BCUT2D eigenvalue weighted by atomic mass is 10.2. The molecule has 1 heterocycles. The van der Waals surface area contributed by atoms with Gasteiger partial charge in [-0.15, -0.1) is 0 Å². The summed E-state index contributed by atoms with van der Waals surface area (Å²) in [5.74, 6) is -0.0237. The number of imidazole rings is 1. The first-order valence-corrected chi connectivity index (χ1v) is 6.33. The molecule has 6 heteroatoms. The molecule has 19 heavy (non-hydrogen) atoms. The minimum Gasteiger partial charge on any atom is -0.347 e. The van der Waals surface area contributed by atoms with Crippen molar-refractivity contribution in [3.8, 4) is 0 Å². The number of H-pyrrole nitrogens is 1. The Morgan fingerprint density at radius 3 is 3.11 bits per heavy atom. The van der Waals surface area contributed by atoms with E-state index < -0.39 is 0 Å². The highest BCUT2D eigenvalue weighted by Gasteiger charge is 2.01. The third-order valence-electron chi connectivity index (χ3n) is 2.36. The highest BCUT2D eigenvalue weighted by molar-refractivity contribution is 9.10. The number of carbonyl (C=O) groups excluding carboxylic acids is 1. The standard InChI is InChI=1S/C13H11BrFN3O/c14-10-2-3-11(15)9(7-10)1-4-13(19)18-8-12-16-5-6-17-12/h1-7H,8H2,(H,16,17)(H,18,19). The second-order valence-corrected chi connectivity index (χ2v) is 4.67. The van der Waals surface area contributed by atoms with E-state index in [0.717, 1.165) is 4.47 Å². The molecule has 1 aromatic heterocycles. The van der Waals surface area contributed by atoms with Gasteiger partial charge in [0.1, 0.15) is 11.6 Å². The smallest absolute Gasteiger partial charge is 0.244 e. The van der Waals surface area contributed by atoms with Gasteiger partial charge in [-0.25, -0.2) is 9.37 Å². The first kappa shape index (κ1) is 13.5. The Hall–Kier alpha value is -1.95. The summed E-state index contributed by atoms with van der Waals surface area (Å²) in [4.78, 5) is 18.4. The van der Waals surface area contributed by atoms with Crippen molar-refractivity contribution in [1.29, 1.82) is 0 Å². The number of halogens is 2. The van der Waals surface area contributed by atoms with Crippen LogP contribution in [0, 0.1) is 5.82 Å². The zero-order valence-corrected chi connectivity index (χ0v) is 11.4. The van der Waals surface area contributed by atoms with Crippen LogP contribution in [-0.2, 0) is 11.3 Å². The number of hydrogen-bond donors (Lipinski definition) is 2. The van der Waals surface area contributed by atoms with Gasteiger partial charge in [0.05, 0.1) is 6.54 Å². The van der Waals surface area contributed by atoms with Gasteiger partial charge >= 0.3 is 0 Å². The molecule has 2 aromatic rings. The zero-order valence-electron chi connectivity index (χ0n) is 9.86. The summed E-state index contributed by atoms with van der Waals surface area (Å²) in [6, 6.07) is 4.54. The van der Waals surface area contributed by atoms with Gasteiger partial charge in [0.15, 0.2) is 0 Å². The van der Waals surface area contributed by atoms with Crippen LogP contribution in [0.5, 0.6) is 0 Å². The van der Waals surface area contributed by atoms with Crippen LogP contribution in [0.15, 0.2) is 41.1 Å². The molecule has 0 radical (unpaired) electrons. The highest BCUT2D eigenvalue weighted by Crippen LogP contribution is 2.16. The summed E-state index contributed by atoms with van der Waals surface area (Å²) in [5, 5.41) is 2.64. The lowest BCUT2D eigenvalue weighted by molar-refractivity contribution is -0.116.